The predicted molar refractivity (Wildman–Crippen MR) is 70.4 cm³/mol. The molecule has 1 aromatic rings. The average Bonchev–Trinajstić information content (AvgIpc) is 2.38. The summed E-state index contributed by atoms with van der Waals surface area (Å²) in [5, 5.41) is 24.3. The van der Waals surface area contributed by atoms with Crippen molar-refractivity contribution in [1.29, 1.82) is 0 Å². The molecule has 104 valence electrons. The van der Waals surface area contributed by atoms with Crippen molar-refractivity contribution >= 4 is 5.69 Å². The Labute approximate surface area is 111 Å². The number of ether oxygens (including phenoxy) is 1. The topological polar surface area (TPSA) is 84.6 Å². The zero-order valence-electron chi connectivity index (χ0n) is 10.9. The van der Waals surface area contributed by atoms with Gasteiger partial charge in [-0.2, -0.15) is 0 Å². The van der Waals surface area contributed by atoms with Gasteiger partial charge in [-0.1, -0.05) is 6.07 Å². The van der Waals surface area contributed by atoms with Gasteiger partial charge in [-0.15, -0.1) is 0 Å². The largest absolute Gasteiger partial charge is 0.490 e. The normalized spacial score (nSPS) is 18.0. The summed E-state index contributed by atoms with van der Waals surface area (Å²) < 4.78 is 5.59. The summed E-state index contributed by atoms with van der Waals surface area (Å²) in [7, 11) is 0. The number of aliphatic hydroxyl groups is 1. The molecule has 1 heterocycles. The summed E-state index contributed by atoms with van der Waals surface area (Å²) in [4.78, 5) is 10.4. The second-order valence-corrected chi connectivity index (χ2v) is 4.92. The molecule has 0 amide bonds. The predicted octanol–water partition coefficient (Wildman–Crippen LogP) is 1.40. The highest BCUT2D eigenvalue weighted by molar-refractivity contribution is 5.48. The van der Waals surface area contributed by atoms with Crippen molar-refractivity contribution in [3.05, 3.63) is 33.9 Å². The highest BCUT2D eigenvalue weighted by Crippen LogP contribution is 2.28. The van der Waals surface area contributed by atoms with Crippen LogP contribution < -0.4 is 10.1 Å². The van der Waals surface area contributed by atoms with E-state index in [0.29, 0.717) is 24.2 Å². The Balaban J connectivity index is 2.07. The Morgan fingerprint density at radius 3 is 2.79 bits per heavy atom. The average molecular weight is 266 g/mol. The van der Waals surface area contributed by atoms with E-state index in [-0.39, 0.29) is 12.3 Å². The summed E-state index contributed by atoms with van der Waals surface area (Å²) in [6.07, 6.45) is 1.25. The minimum Gasteiger partial charge on any atom is -0.490 e. The van der Waals surface area contributed by atoms with E-state index in [1.165, 1.54) is 6.07 Å². The molecule has 1 aliphatic heterocycles. The lowest BCUT2D eigenvalue weighted by molar-refractivity contribution is -0.385. The van der Waals surface area contributed by atoms with Crippen molar-refractivity contribution in [3.63, 3.8) is 0 Å². The Hall–Kier alpha value is -1.66. The molecule has 0 atom stereocenters. The van der Waals surface area contributed by atoms with Crippen LogP contribution >= 0.6 is 0 Å². The molecular weight excluding hydrogens is 248 g/mol. The van der Waals surface area contributed by atoms with Crippen LogP contribution in [0.25, 0.3) is 0 Å². The lowest BCUT2D eigenvalue weighted by Crippen LogP contribution is -2.46. The SMILES string of the molecule is Cc1c(OCC2(O)CCNCC2)cccc1[N+](=O)[O-]. The van der Waals surface area contributed by atoms with Crippen LogP contribution in [-0.4, -0.2) is 35.3 Å². The summed E-state index contributed by atoms with van der Waals surface area (Å²) in [6.45, 7) is 3.33. The summed E-state index contributed by atoms with van der Waals surface area (Å²) in [5.74, 6) is 0.459. The highest BCUT2D eigenvalue weighted by Gasteiger charge is 2.30. The molecule has 1 aliphatic rings. The van der Waals surface area contributed by atoms with Gasteiger partial charge in [0.05, 0.1) is 10.5 Å². The smallest absolute Gasteiger partial charge is 0.276 e. The summed E-state index contributed by atoms with van der Waals surface area (Å²) >= 11 is 0. The van der Waals surface area contributed by atoms with Gasteiger partial charge in [0.15, 0.2) is 0 Å². The molecule has 0 unspecified atom stereocenters. The molecule has 6 heteroatoms. The fraction of sp³-hybridized carbons (Fsp3) is 0.538. The Morgan fingerprint density at radius 1 is 1.47 bits per heavy atom. The quantitative estimate of drug-likeness (QED) is 0.635. The van der Waals surface area contributed by atoms with E-state index in [4.69, 9.17) is 4.74 Å². The number of hydrogen-bond acceptors (Lipinski definition) is 5. The lowest BCUT2D eigenvalue weighted by atomic mass is 9.93. The molecule has 0 bridgehead atoms. The number of nitro benzene ring substituents is 1. The van der Waals surface area contributed by atoms with Gasteiger partial charge in [-0.05, 0) is 38.9 Å². The molecule has 0 saturated carbocycles. The fourth-order valence-corrected chi connectivity index (χ4v) is 2.21. The van der Waals surface area contributed by atoms with Crippen LogP contribution in [0.15, 0.2) is 18.2 Å². The first-order valence-electron chi connectivity index (χ1n) is 6.32. The minimum absolute atomic E-state index is 0.0369. The Morgan fingerprint density at radius 2 is 2.16 bits per heavy atom. The van der Waals surface area contributed by atoms with Crippen LogP contribution in [0.2, 0.25) is 0 Å². The third-order valence-electron chi connectivity index (χ3n) is 3.48. The van der Waals surface area contributed by atoms with Gasteiger partial charge in [-0.3, -0.25) is 10.1 Å². The first-order valence-corrected chi connectivity index (χ1v) is 6.32. The number of nitrogens with one attached hydrogen (secondary N) is 1. The number of nitrogens with zero attached hydrogens (tertiary/aromatic N) is 1. The van der Waals surface area contributed by atoms with Gasteiger partial charge in [0, 0.05) is 6.07 Å². The summed E-state index contributed by atoms with van der Waals surface area (Å²) in [6, 6.07) is 4.72. The maximum absolute atomic E-state index is 10.8. The molecule has 0 radical (unpaired) electrons. The van der Waals surface area contributed by atoms with E-state index in [9.17, 15) is 15.2 Å². The first-order chi connectivity index (χ1) is 9.02. The highest BCUT2D eigenvalue weighted by atomic mass is 16.6. The maximum Gasteiger partial charge on any atom is 0.276 e. The number of nitro groups is 1. The number of benzene rings is 1. The number of piperidine rings is 1. The van der Waals surface area contributed by atoms with Crippen LogP contribution in [0, 0.1) is 17.0 Å². The fourth-order valence-electron chi connectivity index (χ4n) is 2.21. The molecule has 2 rings (SSSR count). The molecule has 2 N–H and O–H groups in total. The van der Waals surface area contributed by atoms with Gasteiger partial charge < -0.3 is 15.2 Å². The summed E-state index contributed by atoms with van der Waals surface area (Å²) in [5.41, 5.74) is -0.317. The van der Waals surface area contributed by atoms with E-state index in [1.807, 2.05) is 0 Å². The van der Waals surface area contributed by atoms with Crippen LogP contribution in [-0.2, 0) is 0 Å². The molecule has 0 aromatic heterocycles. The van der Waals surface area contributed by atoms with Crippen molar-refractivity contribution in [2.45, 2.75) is 25.4 Å². The van der Waals surface area contributed by atoms with Gasteiger partial charge >= 0.3 is 0 Å². The van der Waals surface area contributed by atoms with Crippen LogP contribution in [0.1, 0.15) is 18.4 Å². The van der Waals surface area contributed by atoms with Gasteiger partial charge in [0.2, 0.25) is 0 Å². The second kappa shape index (κ2) is 5.54. The van der Waals surface area contributed by atoms with E-state index in [1.54, 1.807) is 19.1 Å². The third kappa shape index (κ3) is 3.21. The molecular formula is C13H18N2O4. The molecule has 1 fully saturated rings. The van der Waals surface area contributed by atoms with E-state index < -0.39 is 10.5 Å². The van der Waals surface area contributed by atoms with Gasteiger partial charge in [-0.25, -0.2) is 0 Å². The molecule has 0 spiro atoms. The molecule has 0 aliphatic carbocycles. The number of hydrogen-bond donors (Lipinski definition) is 2. The van der Waals surface area contributed by atoms with Crippen molar-refractivity contribution in [2.75, 3.05) is 19.7 Å². The molecule has 1 aromatic carbocycles. The Bertz CT molecular complexity index is 470. The van der Waals surface area contributed by atoms with Gasteiger partial charge in [0.25, 0.3) is 5.69 Å². The lowest BCUT2D eigenvalue weighted by Gasteiger charge is -2.32. The van der Waals surface area contributed by atoms with Crippen molar-refractivity contribution in [1.82, 2.24) is 5.32 Å². The van der Waals surface area contributed by atoms with E-state index in [2.05, 4.69) is 5.32 Å². The zero-order chi connectivity index (χ0) is 13.9. The maximum atomic E-state index is 10.8. The first kappa shape index (κ1) is 13.8. The monoisotopic (exact) mass is 266 g/mol. The van der Waals surface area contributed by atoms with Crippen LogP contribution in [0.3, 0.4) is 0 Å². The van der Waals surface area contributed by atoms with E-state index in [0.717, 1.165) is 13.1 Å². The molecule has 19 heavy (non-hydrogen) atoms. The van der Waals surface area contributed by atoms with E-state index >= 15 is 0 Å². The molecule has 6 nitrogen and oxygen atoms in total. The second-order valence-electron chi connectivity index (χ2n) is 4.92. The minimum atomic E-state index is -0.845. The van der Waals surface area contributed by atoms with Crippen molar-refractivity contribution < 1.29 is 14.8 Å². The van der Waals surface area contributed by atoms with Crippen LogP contribution in [0.5, 0.6) is 5.75 Å². The third-order valence-corrected chi connectivity index (χ3v) is 3.48. The van der Waals surface area contributed by atoms with Gasteiger partial charge in [0.1, 0.15) is 18.0 Å². The number of rotatable bonds is 4. The standard InChI is InChI=1S/C13H18N2O4/c1-10-11(15(17)18)3-2-4-12(10)19-9-13(16)5-7-14-8-6-13/h2-4,14,16H,5-9H2,1H3. The Kier molecular flexibility index (Phi) is 4.01. The van der Waals surface area contributed by atoms with Crippen molar-refractivity contribution in [2.24, 2.45) is 0 Å². The van der Waals surface area contributed by atoms with Crippen molar-refractivity contribution in [3.8, 4) is 5.75 Å². The van der Waals surface area contributed by atoms with Crippen LogP contribution in [0.4, 0.5) is 5.69 Å². The zero-order valence-corrected chi connectivity index (χ0v) is 10.9. The molecule has 1 saturated heterocycles.